The van der Waals surface area contributed by atoms with Crippen molar-refractivity contribution >= 4 is 17.7 Å². The van der Waals surface area contributed by atoms with Crippen LogP contribution in [0.3, 0.4) is 0 Å². The van der Waals surface area contributed by atoms with E-state index < -0.39 is 11.6 Å². The van der Waals surface area contributed by atoms with E-state index in [1.165, 1.54) is 17.7 Å². The van der Waals surface area contributed by atoms with Crippen LogP contribution in [0, 0.1) is 11.6 Å². The van der Waals surface area contributed by atoms with Gasteiger partial charge in [-0.2, -0.15) is 0 Å². The van der Waals surface area contributed by atoms with E-state index in [-0.39, 0.29) is 11.7 Å². The number of benzene rings is 2. The van der Waals surface area contributed by atoms with Gasteiger partial charge >= 0.3 is 0 Å². The van der Waals surface area contributed by atoms with Crippen molar-refractivity contribution in [3.05, 3.63) is 65.7 Å². The van der Waals surface area contributed by atoms with Crippen molar-refractivity contribution in [2.75, 3.05) is 18.8 Å². The topological polar surface area (TPSA) is 20.3 Å². The molecule has 0 atom stereocenters. The lowest BCUT2D eigenvalue weighted by Crippen LogP contribution is -2.38. The molecule has 0 radical (unpaired) electrons. The fourth-order valence-electron chi connectivity index (χ4n) is 3.01. The Morgan fingerprint density at radius 1 is 1.08 bits per heavy atom. The van der Waals surface area contributed by atoms with E-state index in [1.54, 1.807) is 0 Å². The molecule has 1 amide bonds. The molecule has 0 bridgehead atoms. The molecule has 2 aromatic rings. The predicted octanol–water partition coefficient (Wildman–Crippen LogP) is 4.46. The maximum Gasteiger partial charge on any atom is 0.232 e. The van der Waals surface area contributed by atoms with E-state index in [0.29, 0.717) is 10.8 Å². The molecule has 24 heavy (non-hydrogen) atoms. The predicted molar refractivity (Wildman–Crippen MR) is 92.1 cm³/mol. The van der Waals surface area contributed by atoms with Crippen LogP contribution in [0.15, 0.2) is 53.4 Å². The number of amides is 1. The third-order valence-corrected chi connectivity index (χ3v) is 5.40. The Kier molecular flexibility index (Phi) is 5.51. The Morgan fingerprint density at radius 2 is 1.79 bits per heavy atom. The quantitative estimate of drug-likeness (QED) is 0.761. The van der Waals surface area contributed by atoms with Crippen LogP contribution in [0.25, 0.3) is 0 Å². The smallest absolute Gasteiger partial charge is 0.232 e. The summed E-state index contributed by atoms with van der Waals surface area (Å²) >= 11 is 1.12. The van der Waals surface area contributed by atoms with E-state index in [4.69, 9.17) is 0 Å². The van der Waals surface area contributed by atoms with Gasteiger partial charge in [-0.1, -0.05) is 30.3 Å². The van der Waals surface area contributed by atoms with Gasteiger partial charge in [-0.05, 0) is 36.5 Å². The van der Waals surface area contributed by atoms with Gasteiger partial charge in [0.25, 0.3) is 0 Å². The zero-order chi connectivity index (χ0) is 16.9. The summed E-state index contributed by atoms with van der Waals surface area (Å²) in [7, 11) is 0. The Labute approximate surface area is 144 Å². The molecule has 1 fully saturated rings. The first-order valence-corrected chi connectivity index (χ1v) is 9.02. The van der Waals surface area contributed by atoms with Gasteiger partial charge in [0.15, 0.2) is 0 Å². The molecule has 0 aromatic heterocycles. The van der Waals surface area contributed by atoms with Crippen molar-refractivity contribution in [1.29, 1.82) is 0 Å². The third-order valence-electron chi connectivity index (χ3n) is 4.36. The van der Waals surface area contributed by atoms with Crippen LogP contribution in [0.2, 0.25) is 0 Å². The molecule has 126 valence electrons. The molecule has 1 aliphatic heterocycles. The molecule has 0 saturated carbocycles. The first-order valence-electron chi connectivity index (χ1n) is 8.04. The van der Waals surface area contributed by atoms with E-state index in [2.05, 4.69) is 12.1 Å². The highest BCUT2D eigenvalue weighted by Crippen LogP contribution is 2.29. The molecule has 0 N–H and O–H groups in total. The van der Waals surface area contributed by atoms with E-state index in [0.717, 1.165) is 43.8 Å². The summed E-state index contributed by atoms with van der Waals surface area (Å²) in [4.78, 5) is 14.5. The lowest BCUT2D eigenvalue weighted by atomic mass is 9.89. The van der Waals surface area contributed by atoms with Crippen molar-refractivity contribution in [3.63, 3.8) is 0 Å². The number of nitrogens with zero attached hydrogens (tertiary/aromatic N) is 1. The number of likely N-dealkylation sites (tertiary alicyclic amines) is 1. The van der Waals surface area contributed by atoms with Crippen LogP contribution >= 0.6 is 11.8 Å². The number of carbonyl (C=O) groups is 1. The summed E-state index contributed by atoms with van der Waals surface area (Å²) in [6, 6.07) is 13.8. The zero-order valence-electron chi connectivity index (χ0n) is 13.3. The SMILES string of the molecule is O=C(CSc1ccc(F)cc1F)N1CCC(c2ccccc2)CC1. The highest BCUT2D eigenvalue weighted by Gasteiger charge is 2.23. The number of carbonyl (C=O) groups excluding carboxylic acids is 1. The molecule has 0 aliphatic carbocycles. The molecule has 1 saturated heterocycles. The number of piperidine rings is 1. The van der Waals surface area contributed by atoms with Crippen molar-refractivity contribution in [1.82, 2.24) is 4.90 Å². The molecule has 3 rings (SSSR count). The Morgan fingerprint density at radius 3 is 2.46 bits per heavy atom. The summed E-state index contributed by atoms with van der Waals surface area (Å²) in [6.45, 7) is 1.45. The van der Waals surface area contributed by atoms with Crippen molar-refractivity contribution in [2.24, 2.45) is 0 Å². The van der Waals surface area contributed by atoms with Gasteiger partial charge in [-0.15, -0.1) is 11.8 Å². The van der Waals surface area contributed by atoms with E-state index in [9.17, 15) is 13.6 Å². The summed E-state index contributed by atoms with van der Waals surface area (Å²) in [5.41, 5.74) is 1.33. The molecular formula is C19H19F2NOS. The minimum atomic E-state index is -0.615. The monoisotopic (exact) mass is 347 g/mol. The second-order valence-corrected chi connectivity index (χ2v) is 6.95. The normalized spacial score (nSPS) is 15.5. The van der Waals surface area contributed by atoms with Gasteiger partial charge in [-0.3, -0.25) is 4.79 Å². The minimum absolute atomic E-state index is 0.00948. The molecule has 2 aromatic carbocycles. The van der Waals surface area contributed by atoms with Crippen LogP contribution in [-0.4, -0.2) is 29.6 Å². The number of hydrogen-bond acceptors (Lipinski definition) is 2. The van der Waals surface area contributed by atoms with Crippen LogP contribution < -0.4 is 0 Å². The number of halogens is 2. The third kappa shape index (κ3) is 4.15. The van der Waals surface area contributed by atoms with Gasteiger partial charge in [0, 0.05) is 24.1 Å². The molecule has 1 aliphatic rings. The lowest BCUT2D eigenvalue weighted by molar-refractivity contribution is -0.129. The van der Waals surface area contributed by atoms with Crippen molar-refractivity contribution < 1.29 is 13.6 Å². The lowest BCUT2D eigenvalue weighted by Gasteiger charge is -2.32. The highest BCUT2D eigenvalue weighted by molar-refractivity contribution is 8.00. The van der Waals surface area contributed by atoms with Gasteiger partial charge in [0.1, 0.15) is 11.6 Å². The van der Waals surface area contributed by atoms with Crippen LogP contribution in [-0.2, 0) is 4.79 Å². The van der Waals surface area contributed by atoms with Gasteiger partial charge in [0.2, 0.25) is 5.91 Å². The molecule has 2 nitrogen and oxygen atoms in total. The Bertz CT molecular complexity index is 700. The zero-order valence-corrected chi connectivity index (χ0v) is 14.1. The summed E-state index contributed by atoms with van der Waals surface area (Å²) in [5, 5.41) is 0. The second kappa shape index (κ2) is 7.79. The molecule has 0 spiro atoms. The van der Waals surface area contributed by atoms with Gasteiger partial charge in [-0.25, -0.2) is 8.78 Å². The molecular weight excluding hydrogens is 328 g/mol. The number of rotatable bonds is 4. The second-order valence-electron chi connectivity index (χ2n) is 5.93. The highest BCUT2D eigenvalue weighted by atomic mass is 32.2. The largest absolute Gasteiger partial charge is 0.342 e. The maximum atomic E-state index is 13.6. The van der Waals surface area contributed by atoms with Gasteiger partial charge < -0.3 is 4.90 Å². The van der Waals surface area contributed by atoms with Crippen molar-refractivity contribution in [2.45, 2.75) is 23.7 Å². The van der Waals surface area contributed by atoms with Crippen LogP contribution in [0.4, 0.5) is 8.78 Å². The molecule has 5 heteroatoms. The average Bonchev–Trinajstić information content (AvgIpc) is 2.62. The van der Waals surface area contributed by atoms with E-state index in [1.807, 2.05) is 23.1 Å². The molecule has 0 unspecified atom stereocenters. The average molecular weight is 347 g/mol. The summed E-state index contributed by atoms with van der Waals surface area (Å²) < 4.78 is 26.5. The Balaban J connectivity index is 1.50. The fourth-order valence-corrected chi connectivity index (χ4v) is 3.83. The molecule has 1 heterocycles. The minimum Gasteiger partial charge on any atom is -0.342 e. The number of thioether (sulfide) groups is 1. The van der Waals surface area contributed by atoms with Crippen molar-refractivity contribution in [3.8, 4) is 0 Å². The first-order chi connectivity index (χ1) is 11.6. The maximum absolute atomic E-state index is 13.6. The summed E-state index contributed by atoms with van der Waals surface area (Å²) in [6.07, 6.45) is 1.90. The number of hydrogen-bond donors (Lipinski definition) is 0. The van der Waals surface area contributed by atoms with Gasteiger partial charge in [0.05, 0.1) is 5.75 Å². The fraction of sp³-hybridized carbons (Fsp3) is 0.316. The van der Waals surface area contributed by atoms with Crippen LogP contribution in [0.5, 0.6) is 0 Å². The first kappa shape index (κ1) is 17.0. The van der Waals surface area contributed by atoms with Crippen LogP contribution in [0.1, 0.15) is 24.3 Å². The summed E-state index contributed by atoms with van der Waals surface area (Å²) in [5.74, 6) is -0.534. The Hall–Kier alpha value is -1.88. The standard InChI is InChI=1S/C19H19F2NOS/c20-16-6-7-18(17(21)12-16)24-13-19(23)22-10-8-15(9-11-22)14-4-2-1-3-5-14/h1-7,12,15H,8-11,13H2. The van der Waals surface area contributed by atoms with E-state index >= 15 is 0 Å².